The minimum Gasteiger partial charge on any atom is -0.458 e. The normalized spacial score (nSPS) is 9.30. The molecule has 0 spiro atoms. The molecule has 0 atom stereocenters. The van der Waals surface area contributed by atoms with Crippen molar-refractivity contribution in [3.63, 3.8) is 0 Å². The number of nitrogens with two attached hydrogens (primary N) is 1. The number of nitrogens with one attached hydrogen (secondary N) is 1. The van der Waals surface area contributed by atoms with Crippen LogP contribution in [0.4, 0.5) is 14.5 Å². The SMILES string of the molecule is C=C(C=C(C)C)C(=O)NCc1ccc(N)c(OCF)c1F.CC. The fourth-order valence-corrected chi connectivity index (χ4v) is 1.65. The number of nitrogen functional groups attached to an aromatic ring is 1. The number of hydrogen-bond acceptors (Lipinski definition) is 3. The molecule has 0 unspecified atom stereocenters. The van der Waals surface area contributed by atoms with Gasteiger partial charge in [0.1, 0.15) is 0 Å². The summed E-state index contributed by atoms with van der Waals surface area (Å²) in [6.45, 7) is 10.0. The smallest absolute Gasteiger partial charge is 0.250 e. The lowest BCUT2D eigenvalue weighted by Gasteiger charge is -2.11. The van der Waals surface area contributed by atoms with E-state index in [4.69, 9.17) is 5.73 Å². The molecule has 1 aromatic rings. The first-order valence-corrected chi connectivity index (χ1v) is 7.24. The number of halogens is 2. The molecule has 1 rings (SSSR count). The van der Waals surface area contributed by atoms with Crippen LogP contribution in [0.15, 0.2) is 35.9 Å². The second-order valence-corrected chi connectivity index (χ2v) is 4.64. The largest absolute Gasteiger partial charge is 0.458 e. The molecule has 128 valence electrons. The molecule has 0 heterocycles. The van der Waals surface area contributed by atoms with Crippen molar-refractivity contribution >= 4 is 11.6 Å². The molecule has 6 heteroatoms. The van der Waals surface area contributed by atoms with E-state index in [1.165, 1.54) is 12.1 Å². The summed E-state index contributed by atoms with van der Waals surface area (Å²) in [6, 6.07) is 2.79. The van der Waals surface area contributed by atoms with E-state index in [0.717, 1.165) is 5.57 Å². The summed E-state index contributed by atoms with van der Waals surface area (Å²) >= 11 is 0. The van der Waals surface area contributed by atoms with Crippen molar-refractivity contribution in [3.05, 3.63) is 47.3 Å². The summed E-state index contributed by atoms with van der Waals surface area (Å²) in [5, 5.41) is 2.52. The van der Waals surface area contributed by atoms with Gasteiger partial charge in [0.05, 0.1) is 5.69 Å². The van der Waals surface area contributed by atoms with E-state index in [0.29, 0.717) is 0 Å². The number of anilines is 1. The van der Waals surface area contributed by atoms with Crippen molar-refractivity contribution in [3.8, 4) is 5.75 Å². The number of allylic oxidation sites excluding steroid dienone is 1. The molecule has 23 heavy (non-hydrogen) atoms. The minimum absolute atomic E-state index is 0.00539. The molecule has 1 amide bonds. The summed E-state index contributed by atoms with van der Waals surface area (Å²) in [5.41, 5.74) is 6.83. The molecule has 0 aliphatic rings. The topological polar surface area (TPSA) is 64.4 Å². The van der Waals surface area contributed by atoms with Gasteiger partial charge in [0.2, 0.25) is 6.86 Å². The first-order valence-electron chi connectivity index (χ1n) is 7.24. The van der Waals surface area contributed by atoms with Gasteiger partial charge in [-0.3, -0.25) is 4.79 Å². The van der Waals surface area contributed by atoms with Gasteiger partial charge in [0.15, 0.2) is 11.6 Å². The maximum atomic E-state index is 14.0. The van der Waals surface area contributed by atoms with Crippen molar-refractivity contribution in [1.82, 2.24) is 5.32 Å². The zero-order chi connectivity index (χ0) is 18.0. The number of benzene rings is 1. The highest BCUT2D eigenvalue weighted by molar-refractivity contribution is 5.95. The average molecular weight is 326 g/mol. The Morgan fingerprint density at radius 2 is 2.00 bits per heavy atom. The zero-order valence-corrected chi connectivity index (χ0v) is 14.0. The second kappa shape index (κ2) is 10.4. The lowest BCUT2D eigenvalue weighted by molar-refractivity contribution is -0.117. The number of hydrogen-bond donors (Lipinski definition) is 2. The Hall–Kier alpha value is -2.37. The van der Waals surface area contributed by atoms with Gasteiger partial charge in [-0.05, 0) is 19.9 Å². The first-order chi connectivity index (χ1) is 10.9. The number of carbonyl (C=O) groups is 1. The van der Waals surface area contributed by atoms with Crippen molar-refractivity contribution in [2.24, 2.45) is 0 Å². The standard InChI is InChI=1S/C15H18F2N2O2.C2H6/c1-9(2)6-10(3)15(20)19-7-11-4-5-12(18)14(13(11)17)21-8-16;1-2/h4-6H,3,7-8,18H2,1-2H3,(H,19,20);1-2H3. The number of carbonyl (C=O) groups excluding carboxylic acids is 1. The Bertz CT molecular complexity index is 580. The Morgan fingerprint density at radius 1 is 1.39 bits per heavy atom. The van der Waals surface area contributed by atoms with Crippen molar-refractivity contribution in [1.29, 1.82) is 0 Å². The van der Waals surface area contributed by atoms with Gasteiger partial charge >= 0.3 is 0 Å². The van der Waals surface area contributed by atoms with Crippen molar-refractivity contribution in [2.45, 2.75) is 34.2 Å². The predicted molar refractivity (Wildman–Crippen MR) is 89.2 cm³/mol. The van der Waals surface area contributed by atoms with Crippen LogP contribution in [-0.2, 0) is 11.3 Å². The van der Waals surface area contributed by atoms with E-state index >= 15 is 0 Å². The van der Waals surface area contributed by atoms with Gasteiger partial charge < -0.3 is 15.8 Å². The summed E-state index contributed by atoms with van der Waals surface area (Å²) < 4.78 is 30.7. The lowest BCUT2D eigenvalue weighted by Crippen LogP contribution is -2.24. The van der Waals surface area contributed by atoms with Crippen LogP contribution < -0.4 is 15.8 Å². The molecular formula is C17H24F2N2O2. The van der Waals surface area contributed by atoms with Gasteiger partial charge in [-0.15, -0.1) is 0 Å². The highest BCUT2D eigenvalue weighted by Crippen LogP contribution is 2.28. The van der Waals surface area contributed by atoms with E-state index in [1.54, 1.807) is 6.08 Å². The second-order valence-electron chi connectivity index (χ2n) is 4.64. The van der Waals surface area contributed by atoms with Gasteiger partial charge in [-0.1, -0.05) is 38.1 Å². The quantitative estimate of drug-likeness (QED) is 0.474. The van der Waals surface area contributed by atoms with Crippen LogP contribution in [0.3, 0.4) is 0 Å². The van der Waals surface area contributed by atoms with E-state index in [2.05, 4.69) is 16.6 Å². The van der Waals surface area contributed by atoms with E-state index in [9.17, 15) is 13.6 Å². The predicted octanol–water partition coefficient (Wildman–Crippen LogP) is 3.88. The number of ether oxygens (including phenoxy) is 1. The van der Waals surface area contributed by atoms with Crippen LogP contribution in [0.2, 0.25) is 0 Å². The third-order valence-electron chi connectivity index (χ3n) is 2.60. The fourth-order valence-electron chi connectivity index (χ4n) is 1.65. The third-order valence-corrected chi connectivity index (χ3v) is 2.60. The maximum absolute atomic E-state index is 14.0. The van der Waals surface area contributed by atoms with Crippen LogP contribution in [0.5, 0.6) is 5.75 Å². The van der Waals surface area contributed by atoms with Crippen LogP contribution in [0.25, 0.3) is 0 Å². The molecule has 0 saturated carbocycles. The van der Waals surface area contributed by atoms with Gasteiger partial charge in [0, 0.05) is 17.7 Å². The highest BCUT2D eigenvalue weighted by Gasteiger charge is 2.14. The number of rotatable bonds is 6. The van der Waals surface area contributed by atoms with Gasteiger partial charge in [-0.25, -0.2) is 8.78 Å². The molecule has 3 N–H and O–H groups in total. The lowest BCUT2D eigenvalue weighted by atomic mass is 10.1. The summed E-state index contributed by atoms with van der Waals surface area (Å²) in [5.74, 6) is -1.56. The Labute approximate surface area is 136 Å². The van der Waals surface area contributed by atoms with E-state index < -0.39 is 18.6 Å². The Kier molecular flexibility index (Phi) is 9.30. The monoisotopic (exact) mass is 326 g/mol. The van der Waals surface area contributed by atoms with Crippen LogP contribution in [0, 0.1) is 5.82 Å². The minimum atomic E-state index is -1.19. The van der Waals surface area contributed by atoms with Crippen LogP contribution >= 0.6 is 0 Å². The van der Waals surface area contributed by atoms with Crippen LogP contribution in [-0.4, -0.2) is 12.8 Å². The molecule has 0 aliphatic carbocycles. The molecule has 1 aromatic carbocycles. The molecule has 0 bridgehead atoms. The molecule has 0 aliphatic heterocycles. The first kappa shape index (κ1) is 20.6. The number of amides is 1. The van der Waals surface area contributed by atoms with E-state index in [1.807, 2.05) is 27.7 Å². The summed E-state index contributed by atoms with van der Waals surface area (Å²) in [6.07, 6.45) is 1.62. The van der Waals surface area contributed by atoms with Gasteiger partial charge in [0.25, 0.3) is 5.91 Å². The zero-order valence-electron chi connectivity index (χ0n) is 14.0. The fraction of sp³-hybridized carbons (Fsp3) is 0.353. The molecule has 0 aromatic heterocycles. The average Bonchev–Trinajstić information content (AvgIpc) is 2.51. The number of alkyl halides is 1. The Balaban J connectivity index is 0.00000232. The molecule has 4 nitrogen and oxygen atoms in total. The maximum Gasteiger partial charge on any atom is 0.250 e. The summed E-state index contributed by atoms with van der Waals surface area (Å²) in [4.78, 5) is 11.7. The van der Waals surface area contributed by atoms with E-state index in [-0.39, 0.29) is 29.1 Å². The van der Waals surface area contributed by atoms with Crippen molar-refractivity contribution in [2.75, 3.05) is 12.6 Å². The third kappa shape index (κ3) is 6.50. The Morgan fingerprint density at radius 3 is 2.52 bits per heavy atom. The van der Waals surface area contributed by atoms with Crippen molar-refractivity contribution < 1.29 is 18.3 Å². The molecular weight excluding hydrogens is 302 g/mol. The highest BCUT2D eigenvalue weighted by atomic mass is 19.1. The van der Waals surface area contributed by atoms with Crippen LogP contribution in [0.1, 0.15) is 33.3 Å². The molecule has 0 saturated heterocycles. The summed E-state index contributed by atoms with van der Waals surface area (Å²) in [7, 11) is 0. The molecule has 0 fully saturated rings. The van der Waals surface area contributed by atoms with Gasteiger partial charge in [-0.2, -0.15) is 0 Å². The molecule has 0 radical (unpaired) electrons.